The van der Waals surface area contributed by atoms with Crippen molar-refractivity contribution in [3.05, 3.63) is 27.8 Å². The number of likely N-dealkylation sites (tertiary alicyclic amines) is 1. The first kappa shape index (κ1) is 14.2. The van der Waals surface area contributed by atoms with Gasteiger partial charge < -0.3 is 10.2 Å². The average Bonchev–Trinajstić information content (AvgIpc) is 2.95. The molecule has 3 rings (SSSR count). The normalized spacial score (nSPS) is 19.8. The van der Waals surface area contributed by atoms with E-state index in [1.807, 2.05) is 12.1 Å². The van der Waals surface area contributed by atoms with E-state index in [-0.39, 0.29) is 16.7 Å². The number of benzene rings is 1. The molecule has 1 atom stereocenters. The van der Waals surface area contributed by atoms with Gasteiger partial charge >= 0.3 is 5.69 Å². The van der Waals surface area contributed by atoms with Crippen LogP contribution in [0.25, 0.3) is 10.2 Å². The summed E-state index contributed by atoms with van der Waals surface area (Å²) in [7, 11) is 0. The van der Waals surface area contributed by atoms with Gasteiger partial charge in [0.25, 0.3) is 0 Å². The number of thiazole rings is 1. The number of aromatic nitrogens is 1. The molecule has 1 aromatic heterocycles. The number of fused-ring (bicyclic) bond motifs is 1. The summed E-state index contributed by atoms with van der Waals surface area (Å²) in [6, 6.07) is 3.97. The summed E-state index contributed by atoms with van der Waals surface area (Å²) in [5.41, 5.74) is 2.82. The zero-order valence-corrected chi connectivity index (χ0v) is 12.7. The SMILES string of the molecule is CCN1CCCC(Nc2ccc3scnc3c2[N+](=O)[O-])C1. The zero-order valence-electron chi connectivity index (χ0n) is 11.9. The topological polar surface area (TPSA) is 71.3 Å². The monoisotopic (exact) mass is 306 g/mol. The van der Waals surface area contributed by atoms with Gasteiger partial charge in [-0.15, -0.1) is 11.3 Å². The highest BCUT2D eigenvalue weighted by molar-refractivity contribution is 7.16. The molecule has 6 nitrogen and oxygen atoms in total. The first-order valence-electron chi connectivity index (χ1n) is 7.18. The molecule has 1 aromatic carbocycles. The van der Waals surface area contributed by atoms with Gasteiger partial charge in [-0.05, 0) is 38.1 Å². The second kappa shape index (κ2) is 5.95. The third-order valence-electron chi connectivity index (χ3n) is 3.97. The van der Waals surface area contributed by atoms with Crippen molar-refractivity contribution in [3.63, 3.8) is 0 Å². The Labute approximate surface area is 126 Å². The van der Waals surface area contributed by atoms with Crippen LogP contribution in [0.1, 0.15) is 19.8 Å². The lowest BCUT2D eigenvalue weighted by Crippen LogP contribution is -2.41. The third kappa shape index (κ3) is 2.84. The van der Waals surface area contributed by atoms with Gasteiger partial charge in [-0.1, -0.05) is 6.92 Å². The van der Waals surface area contributed by atoms with E-state index in [9.17, 15) is 10.1 Å². The number of nitrogens with zero attached hydrogens (tertiary/aromatic N) is 3. The van der Waals surface area contributed by atoms with Crippen molar-refractivity contribution in [2.24, 2.45) is 0 Å². The number of nitrogens with one attached hydrogen (secondary N) is 1. The van der Waals surface area contributed by atoms with E-state index in [1.54, 1.807) is 5.51 Å². The molecule has 0 amide bonds. The van der Waals surface area contributed by atoms with Crippen LogP contribution >= 0.6 is 11.3 Å². The van der Waals surface area contributed by atoms with Crippen LogP contribution in [0.15, 0.2) is 17.6 Å². The Bertz CT molecular complexity index is 657. The van der Waals surface area contributed by atoms with Gasteiger partial charge in [-0.2, -0.15) is 0 Å². The summed E-state index contributed by atoms with van der Waals surface area (Å²) in [5.74, 6) is 0. The van der Waals surface area contributed by atoms with E-state index < -0.39 is 0 Å². The first-order valence-corrected chi connectivity index (χ1v) is 8.06. The number of hydrogen-bond donors (Lipinski definition) is 1. The molecule has 0 aliphatic carbocycles. The minimum Gasteiger partial charge on any atom is -0.375 e. The van der Waals surface area contributed by atoms with E-state index in [4.69, 9.17) is 0 Å². The maximum Gasteiger partial charge on any atom is 0.319 e. The predicted octanol–water partition coefficient (Wildman–Crippen LogP) is 3.10. The minimum absolute atomic E-state index is 0.0994. The van der Waals surface area contributed by atoms with Crippen LogP contribution in [0.5, 0.6) is 0 Å². The van der Waals surface area contributed by atoms with E-state index in [1.165, 1.54) is 11.3 Å². The number of hydrogen-bond acceptors (Lipinski definition) is 6. The van der Waals surface area contributed by atoms with Gasteiger partial charge in [0, 0.05) is 12.6 Å². The molecule has 1 fully saturated rings. The number of anilines is 1. The lowest BCUT2D eigenvalue weighted by Gasteiger charge is -2.32. The largest absolute Gasteiger partial charge is 0.375 e. The molecule has 2 aromatic rings. The lowest BCUT2D eigenvalue weighted by molar-refractivity contribution is -0.382. The summed E-state index contributed by atoms with van der Waals surface area (Å²) in [6.45, 7) is 5.21. The van der Waals surface area contributed by atoms with Gasteiger partial charge in [0.05, 0.1) is 15.1 Å². The number of nitro groups is 1. The van der Waals surface area contributed by atoms with Crippen LogP contribution < -0.4 is 5.32 Å². The lowest BCUT2D eigenvalue weighted by atomic mass is 10.1. The standard InChI is InChI=1S/C14H18N4O2S/c1-2-17-7-3-4-10(8-17)16-11-5-6-12-13(15-9-21-12)14(11)18(19)20/h5-6,9-10,16H,2-4,7-8H2,1H3. The molecule has 1 saturated heterocycles. The number of piperidine rings is 1. The molecule has 0 spiro atoms. The fourth-order valence-corrected chi connectivity index (χ4v) is 3.58. The Morgan fingerprint density at radius 3 is 3.19 bits per heavy atom. The average molecular weight is 306 g/mol. The molecule has 1 aliphatic heterocycles. The summed E-state index contributed by atoms with van der Waals surface area (Å²) >= 11 is 1.43. The van der Waals surface area contributed by atoms with Gasteiger partial charge in [0.15, 0.2) is 5.52 Å². The summed E-state index contributed by atoms with van der Waals surface area (Å²) in [5, 5.41) is 14.8. The van der Waals surface area contributed by atoms with Crippen molar-refractivity contribution in [1.82, 2.24) is 9.88 Å². The smallest absolute Gasteiger partial charge is 0.319 e. The van der Waals surface area contributed by atoms with E-state index in [2.05, 4.69) is 22.1 Å². The van der Waals surface area contributed by atoms with Crippen LogP contribution in [0, 0.1) is 10.1 Å². The fourth-order valence-electron chi connectivity index (χ4n) is 2.90. The van der Waals surface area contributed by atoms with Gasteiger partial charge in [0.1, 0.15) is 5.69 Å². The molecular weight excluding hydrogens is 288 g/mol. The fraction of sp³-hybridized carbons (Fsp3) is 0.500. The minimum atomic E-state index is -0.329. The molecule has 1 aliphatic rings. The predicted molar refractivity (Wildman–Crippen MR) is 85.0 cm³/mol. The Hall–Kier alpha value is -1.73. The van der Waals surface area contributed by atoms with Crippen LogP contribution in [0.3, 0.4) is 0 Å². The highest BCUT2D eigenvalue weighted by Gasteiger charge is 2.24. The maximum atomic E-state index is 11.4. The molecule has 112 valence electrons. The van der Waals surface area contributed by atoms with Crippen molar-refractivity contribution < 1.29 is 4.92 Å². The van der Waals surface area contributed by atoms with E-state index >= 15 is 0 Å². The highest BCUT2D eigenvalue weighted by atomic mass is 32.1. The molecule has 1 N–H and O–H groups in total. The van der Waals surface area contributed by atoms with Crippen LogP contribution in [-0.4, -0.2) is 40.5 Å². The molecule has 0 bridgehead atoms. The second-order valence-corrected chi connectivity index (χ2v) is 6.18. The van der Waals surface area contributed by atoms with Crippen LogP contribution in [0.2, 0.25) is 0 Å². The van der Waals surface area contributed by atoms with Gasteiger partial charge in [-0.3, -0.25) is 10.1 Å². The maximum absolute atomic E-state index is 11.4. The van der Waals surface area contributed by atoms with Gasteiger partial charge in [0.2, 0.25) is 0 Å². The Morgan fingerprint density at radius 1 is 1.57 bits per heavy atom. The third-order valence-corrected chi connectivity index (χ3v) is 4.76. The molecule has 7 heteroatoms. The summed E-state index contributed by atoms with van der Waals surface area (Å²) in [4.78, 5) is 17.6. The van der Waals surface area contributed by atoms with E-state index in [0.29, 0.717) is 11.2 Å². The molecule has 0 radical (unpaired) electrons. The van der Waals surface area contributed by atoms with Gasteiger partial charge in [-0.25, -0.2) is 4.98 Å². The number of nitro benzene ring substituents is 1. The molecule has 2 heterocycles. The van der Waals surface area contributed by atoms with Crippen LogP contribution in [0.4, 0.5) is 11.4 Å². The molecule has 21 heavy (non-hydrogen) atoms. The number of likely N-dealkylation sites (N-methyl/N-ethyl adjacent to an activating group) is 1. The molecule has 1 unspecified atom stereocenters. The molecular formula is C14H18N4O2S. The Kier molecular flexibility index (Phi) is 4.03. The Morgan fingerprint density at radius 2 is 2.43 bits per heavy atom. The zero-order chi connectivity index (χ0) is 14.8. The van der Waals surface area contributed by atoms with Crippen LogP contribution in [-0.2, 0) is 0 Å². The Balaban J connectivity index is 1.89. The van der Waals surface area contributed by atoms with Crippen molar-refractivity contribution >= 4 is 32.9 Å². The van der Waals surface area contributed by atoms with E-state index in [0.717, 1.165) is 37.2 Å². The molecule has 0 saturated carbocycles. The van der Waals surface area contributed by atoms with Crippen molar-refractivity contribution in [2.75, 3.05) is 25.0 Å². The quantitative estimate of drug-likeness (QED) is 0.694. The first-order chi connectivity index (χ1) is 10.2. The second-order valence-electron chi connectivity index (χ2n) is 5.29. The number of rotatable bonds is 4. The summed E-state index contributed by atoms with van der Waals surface area (Å²) in [6.07, 6.45) is 2.17. The van der Waals surface area contributed by atoms with Crippen molar-refractivity contribution in [1.29, 1.82) is 0 Å². The van der Waals surface area contributed by atoms with Crippen molar-refractivity contribution in [3.8, 4) is 0 Å². The van der Waals surface area contributed by atoms with Crippen molar-refractivity contribution in [2.45, 2.75) is 25.8 Å². The summed E-state index contributed by atoms with van der Waals surface area (Å²) < 4.78 is 0.853. The highest BCUT2D eigenvalue weighted by Crippen LogP contribution is 2.35.